The van der Waals surface area contributed by atoms with E-state index in [-0.39, 0.29) is 0 Å². The fourth-order valence-corrected chi connectivity index (χ4v) is 3.47. The quantitative estimate of drug-likeness (QED) is 0.503. The van der Waals surface area contributed by atoms with E-state index < -0.39 is 0 Å². The fraction of sp³-hybridized carbons (Fsp3) is 0.263. The van der Waals surface area contributed by atoms with Gasteiger partial charge in [0.15, 0.2) is 5.65 Å². The second-order valence-corrected chi connectivity index (χ2v) is 6.59. The molecular formula is C19H20N4OS. The lowest BCUT2D eigenvalue weighted by Gasteiger charge is -2.16. The predicted molar refractivity (Wildman–Crippen MR) is 101 cm³/mol. The molecule has 6 heteroatoms. The van der Waals surface area contributed by atoms with Crippen LogP contribution in [-0.4, -0.2) is 26.1 Å². The van der Waals surface area contributed by atoms with Crippen LogP contribution < -0.4 is 0 Å². The van der Waals surface area contributed by atoms with Crippen molar-refractivity contribution in [3.8, 4) is 0 Å². The highest BCUT2D eigenvalue weighted by atomic mass is 32.1. The molecule has 0 saturated carbocycles. The monoisotopic (exact) mass is 352 g/mol. The lowest BCUT2D eigenvalue weighted by molar-refractivity contribution is 0.243. The summed E-state index contributed by atoms with van der Waals surface area (Å²) in [6.07, 6.45) is 2.82. The Morgan fingerprint density at radius 3 is 2.76 bits per heavy atom. The highest BCUT2D eigenvalue weighted by Gasteiger charge is 2.15. The number of benzene rings is 1. The number of rotatable bonds is 5. The molecule has 3 heterocycles. The number of fused-ring (bicyclic) bond motifs is 2. The molecule has 128 valence electrons. The van der Waals surface area contributed by atoms with E-state index in [2.05, 4.69) is 36.1 Å². The summed E-state index contributed by atoms with van der Waals surface area (Å²) in [5, 5.41) is 5.78. The molecule has 0 aliphatic heterocycles. The number of aromatic nitrogens is 3. The van der Waals surface area contributed by atoms with E-state index in [1.165, 1.54) is 10.9 Å². The van der Waals surface area contributed by atoms with E-state index in [9.17, 15) is 0 Å². The average Bonchev–Trinajstić information content (AvgIpc) is 3.13. The summed E-state index contributed by atoms with van der Waals surface area (Å²) in [5.74, 6) is 1.05. The Balaban J connectivity index is 1.63. The highest BCUT2D eigenvalue weighted by Crippen LogP contribution is 2.27. The molecule has 0 radical (unpaired) electrons. The van der Waals surface area contributed by atoms with Crippen molar-refractivity contribution in [2.75, 3.05) is 7.05 Å². The van der Waals surface area contributed by atoms with Crippen molar-refractivity contribution >= 4 is 28.8 Å². The SMILES string of the molecule is CCc1oc2ccccc2c1CN(C)Cn1nc2ccccn2c1=S. The van der Waals surface area contributed by atoms with Crippen molar-refractivity contribution in [1.29, 1.82) is 0 Å². The zero-order valence-electron chi connectivity index (χ0n) is 14.3. The van der Waals surface area contributed by atoms with Crippen LogP contribution in [0, 0.1) is 4.77 Å². The minimum absolute atomic E-state index is 0.628. The van der Waals surface area contributed by atoms with Gasteiger partial charge in [-0.05, 0) is 37.5 Å². The van der Waals surface area contributed by atoms with Crippen LogP contribution in [0.3, 0.4) is 0 Å². The zero-order valence-corrected chi connectivity index (χ0v) is 15.2. The van der Waals surface area contributed by atoms with E-state index in [0.29, 0.717) is 11.4 Å². The largest absolute Gasteiger partial charge is 0.461 e. The van der Waals surface area contributed by atoms with Crippen LogP contribution in [0.4, 0.5) is 0 Å². The first-order chi connectivity index (χ1) is 12.2. The molecule has 0 amide bonds. The predicted octanol–water partition coefficient (Wildman–Crippen LogP) is 4.26. The summed E-state index contributed by atoms with van der Waals surface area (Å²) in [7, 11) is 2.08. The highest BCUT2D eigenvalue weighted by molar-refractivity contribution is 7.71. The van der Waals surface area contributed by atoms with Gasteiger partial charge in [-0.25, -0.2) is 4.68 Å². The van der Waals surface area contributed by atoms with Gasteiger partial charge in [0.25, 0.3) is 0 Å². The summed E-state index contributed by atoms with van der Waals surface area (Å²) < 4.78 is 10.5. The Hall–Kier alpha value is -2.44. The molecular weight excluding hydrogens is 332 g/mol. The van der Waals surface area contributed by atoms with E-state index in [0.717, 1.165) is 30.0 Å². The molecule has 3 aromatic heterocycles. The Morgan fingerprint density at radius 1 is 1.16 bits per heavy atom. The smallest absolute Gasteiger partial charge is 0.203 e. The van der Waals surface area contributed by atoms with Crippen molar-refractivity contribution < 1.29 is 4.42 Å². The second kappa shape index (κ2) is 6.46. The van der Waals surface area contributed by atoms with Gasteiger partial charge in [0, 0.05) is 30.1 Å². The number of para-hydroxylation sites is 1. The molecule has 1 aromatic carbocycles. The van der Waals surface area contributed by atoms with Crippen molar-refractivity contribution in [3.05, 3.63) is 64.8 Å². The maximum atomic E-state index is 6.00. The summed E-state index contributed by atoms with van der Waals surface area (Å²) >= 11 is 5.54. The molecule has 4 rings (SSSR count). The summed E-state index contributed by atoms with van der Waals surface area (Å²) in [6, 6.07) is 14.1. The van der Waals surface area contributed by atoms with Crippen LogP contribution in [0.2, 0.25) is 0 Å². The van der Waals surface area contributed by atoms with Gasteiger partial charge in [-0.15, -0.1) is 0 Å². The van der Waals surface area contributed by atoms with Gasteiger partial charge in [-0.2, -0.15) is 5.10 Å². The van der Waals surface area contributed by atoms with Crippen LogP contribution >= 0.6 is 12.2 Å². The second-order valence-electron chi connectivity index (χ2n) is 6.22. The number of hydrogen-bond acceptors (Lipinski definition) is 4. The Bertz CT molecular complexity index is 1090. The van der Waals surface area contributed by atoms with Gasteiger partial charge in [0.05, 0.1) is 6.67 Å². The normalized spacial score (nSPS) is 11.8. The number of aryl methyl sites for hydroxylation is 1. The maximum Gasteiger partial charge on any atom is 0.203 e. The minimum atomic E-state index is 0.628. The van der Waals surface area contributed by atoms with E-state index in [1.807, 2.05) is 45.6 Å². The third-order valence-electron chi connectivity index (χ3n) is 4.39. The number of nitrogens with zero attached hydrogens (tertiary/aromatic N) is 4. The molecule has 0 aliphatic rings. The van der Waals surface area contributed by atoms with Crippen LogP contribution in [-0.2, 0) is 19.6 Å². The summed E-state index contributed by atoms with van der Waals surface area (Å²) in [4.78, 5) is 2.21. The van der Waals surface area contributed by atoms with Gasteiger partial charge in [-0.1, -0.05) is 31.2 Å². The van der Waals surface area contributed by atoms with Gasteiger partial charge in [0.1, 0.15) is 11.3 Å². The van der Waals surface area contributed by atoms with Gasteiger partial charge in [0.2, 0.25) is 4.77 Å². The van der Waals surface area contributed by atoms with Crippen molar-refractivity contribution in [3.63, 3.8) is 0 Å². The van der Waals surface area contributed by atoms with Crippen LogP contribution in [0.15, 0.2) is 53.1 Å². The minimum Gasteiger partial charge on any atom is -0.461 e. The summed E-state index contributed by atoms with van der Waals surface area (Å²) in [5.41, 5.74) is 3.06. The molecule has 0 bridgehead atoms. The van der Waals surface area contributed by atoms with Crippen molar-refractivity contribution in [2.45, 2.75) is 26.6 Å². The van der Waals surface area contributed by atoms with E-state index >= 15 is 0 Å². The average molecular weight is 352 g/mol. The molecule has 5 nitrogen and oxygen atoms in total. The van der Waals surface area contributed by atoms with Gasteiger partial charge < -0.3 is 4.42 Å². The molecule has 0 saturated heterocycles. The first-order valence-corrected chi connectivity index (χ1v) is 8.80. The third kappa shape index (κ3) is 2.88. The zero-order chi connectivity index (χ0) is 17.4. The van der Waals surface area contributed by atoms with Gasteiger partial charge >= 0.3 is 0 Å². The molecule has 0 aliphatic carbocycles. The standard InChI is InChI=1S/C19H20N4OS/c1-3-16-15(14-8-4-5-9-17(14)24-16)12-21(2)13-23-19(25)22-11-7-6-10-18(22)20-23/h4-11H,3,12-13H2,1-2H3. The number of hydrogen-bond donors (Lipinski definition) is 0. The first kappa shape index (κ1) is 16.1. The Labute approximate surface area is 151 Å². The molecule has 0 fully saturated rings. The lowest BCUT2D eigenvalue weighted by atomic mass is 10.1. The Morgan fingerprint density at radius 2 is 1.96 bits per heavy atom. The third-order valence-corrected chi connectivity index (χ3v) is 4.80. The molecule has 25 heavy (non-hydrogen) atoms. The fourth-order valence-electron chi connectivity index (χ4n) is 3.22. The molecule has 0 unspecified atom stereocenters. The van der Waals surface area contributed by atoms with Gasteiger partial charge in [-0.3, -0.25) is 9.30 Å². The van der Waals surface area contributed by atoms with Crippen molar-refractivity contribution in [1.82, 2.24) is 19.1 Å². The number of pyridine rings is 1. The molecule has 4 aromatic rings. The van der Waals surface area contributed by atoms with E-state index in [4.69, 9.17) is 16.6 Å². The van der Waals surface area contributed by atoms with Crippen molar-refractivity contribution in [2.24, 2.45) is 0 Å². The summed E-state index contributed by atoms with van der Waals surface area (Å²) in [6.45, 7) is 3.54. The van der Waals surface area contributed by atoms with Crippen LogP contribution in [0.5, 0.6) is 0 Å². The Kier molecular flexibility index (Phi) is 4.15. The number of furan rings is 1. The topological polar surface area (TPSA) is 38.6 Å². The molecule has 0 spiro atoms. The van der Waals surface area contributed by atoms with Crippen LogP contribution in [0.1, 0.15) is 18.2 Å². The lowest BCUT2D eigenvalue weighted by Crippen LogP contribution is -2.22. The van der Waals surface area contributed by atoms with Crippen LogP contribution in [0.25, 0.3) is 16.6 Å². The molecule has 0 atom stereocenters. The first-order valence-electron chi connectivity index (χ1n) is 8.39. The van der Waals surface area contributed by atoms with E-state index in [1.54, 1.807) is 0 Å². The maximum absolute atomic E-state index is 6.00. The molecule has 0 N–H and O–H groups in total.